The van der Waals surface area contributed by atoms with Crippen LogP contribution in [-0.4, -0.2) is 23.8 Å². The summed E-state index contributed by atoms with van der Waals surface area (Å²) in [6.07, 6.45) is 0.632. The minimum absolute atomic E-state index is 0.275. The normalized spacial score (nSPS) is 23.0. The maximum absolute atomic E-state index is 11.8. The Hall–Kier alpha value is -1.15. The molecule has 1 heterocycles. The van der Waals surface area contributed by atoms with Crippen molar-refractivity contribution in [1.82, 2.24) is 4.90 Å². The number of hydrogen-bond donors (Lipinski definition) is 0. The Morgan fingerprint density at radius 3 is 2.86 bits per heavy atom. The first-order valence-electron chi connectivity index (χ1n) is 5.00. The van der Waals surface area contributed by atoms with Gasteiger partial charge in [0, 0.05) is 24.6 Å². The highest BCUT2D eigenvalue weighted by molar-refractivity contribution is 5.98. The number of benzene rings is 1. The number of hydrogen-bond acceptors (Lipinski definition) is 2. The zero-order valence-electron chi connectivity index (χ0n) is 8.66. The van der Waals surface area contributed by atoms with E-state index >= 15 is 0 Å². The first-order chi connectivity index (χ1) is 6.68. The highest BCUT2D eigenvalue weighted by Crippen LogP contribution is 2.20. The van der Waals surface area contributed by atoms with Crippen LogP contribution in [-0.2, 0) is 6.54 Å². The molecule has 1 unspecified atom stereocenters. The molecule has 0 amide bonds. The molecule has 2 heteroatoms. The minimum Gasteiger partial charge on any atom is -0.299 e. The van der Waals surface area contributed by atoms with Crippen molar-refractivity contribution in [2.45, 2.75) is 25.9 Å². The summed E-state index contributed by atoms with van der Waals surface area (Å²) in [5.41, 5.74) is 2.06. The molecule has 14 heavy (non-hydrogen) atoms. The van der Waals surface area contributed by atoms with E-state index in [4.69, 9.17) is 0 Å². The van der Waals surface area contributed by atoms with Crippen LogP contribution in [0.2, 0.25) is 0 Å². The van der Waals surface area contributed by atoms with Gasteiger partial charge in [0.1, 0.15) is 0 Å². The van der Waals surface area contributed by atoms with Gasteiger partial charge in [0.05, 0.1) is 0 Å². The first kappa shape index (κ1) is 9.41. The quantitative estimate of drug-likeness (QED) is 0.623. The number of carbonyl (C=O) groups excluding carboxylic acids is 1. The Labute approximate surface area is 84.5 Å². The highest BCUT2D eigenvalue weighted by Gasteiger charge is 2.22. The standard InChI is InChI=1S/C12H15NO/c1-9-7-12(14)11-6-4-3-5-10(11)8-13(9)2/h3-6,9H,7-8H2,1-2H3. The second-order valence-electron chi connectivity index (χ2n) is 4.05. The average molecular weight is 189 g/mol. The van der Waals surface area contributed by atoms with Gasteiger partial charge in [-0.15, -0.1) is 0 Å². The van der Waals surface area contributed by atoms with Crippen LogP contribution in [0.5, 0.6) is 0 Å². The van der Waals surface area contributed by atoms with Gasteiger partial charge < -0.3 is 0 Å². The Kier molecular flexibility index (Phi) is 2.38. The van der Waals surface area contributed by atoms with E-state index in [9.17, 15) is 4.79 Å². The van der Waals surface area contributed by atoms with Gasteiger partial charge in [-0.2, -0.15) is 0 Å². The molecule has 0 aliphatic carbocycles. The fraction of sp³-hybridized carbons (Fsp3) is 0.417. The van der Waals surface area contributed by atoms with Gasteiger partial charge in [-0.1, -0.05) is 24.3 Å². The number of Topliss-reactive ketones (excluding diaryl/α,β-unsaturated/α-hetero) is 1. The van der Waals surface area contributed by atoms with Crippen LogP contribution in [0.4, 0.5) is 0 Å². The Morgan fingerprint density at radius 2 is 2.07 bits per heavy atom. The summed E-state index contributed by atoms with van der Waals surface area (Å²) in [4.78, 5) is 14.1. The summed E-state index contributed by atoms with van der Waals surface area (Å²) in [5, 5.41) is 0. The Bertz CT molecular complexity index is 359. The Morgan fingerprint density at radius 1 is 1.36 bits per heavy atom. The second kappa shape index (κ2) is 3.54. The van der Waals surface area contributed by atoms with Crippen LogP contribution in [0.25, 0.3) is 0 Å². The van der Waals surface area contributed by atoms with Crippen LogP contribution < -0.4 is 0 Å². The fourth-order valence-corrected chi connectivity index (χ4v) is 1.89. The molecule has 0 N–H and O–H groups in total. The van der Waals surface area contributed by atoms with E-state index in [2.05, 4.69) is 18.9 Å². The van der Waals surface area contributed by atoms with E-state index < -0.39 is 0 Å². The average Bonchev–Trinajstić information content (AvgIpc) is 2.27. The van der Waals surface area contributed by atoms with Crippen LogP contribution in [0.15, 0.2) is 24.3 Å². The molecular weight excluding hydrogens is 174 g/mol. The van der Waals surface area contributed by atoms with E-state index in [1.54, 1.807) is 0 Å². The summed E-state index contributed by atoms with van der Waals surface area (Å²) in [6.45, 7) is 2.98. The smallest absolute Gasteiger partial charge is 0.164 e. The molecule has 1 aliphatic rings. The summed E-state index contributed by atoms with van der Waals surface area (Å²) in [5.74, 6) is 0.275. The van der Waals surface area contributed by atoms with Gasteiger partial charge in [0.25, 0.3) is 0 Å². The molecule has 0 bridgehead atoms. The lowest BCUT2D eigenvalue weighted by atomic mass is 10.0. The SMILES string of the molecule is CC1CC(=O)c2ccccc2CN1C. The third-order valence-electron chi connectivity index (χ3n) is 2.97. The first-order valence-corrected chi connectivity index (χ1v) is 5.00. The van der Waals surface area contributed by atoms with Crippen molar-refractivity contribution in [2.24, 2.45) is 0 Å². The molecule has 0 aromatic heterocycles. The molecule has 1 aromatic carbocycles. The van der Waals surface area contributed by atoms with E-state index in [-0.39, 0.29) is 5.78 Å². The maximum Gasteiger partial charge on any atom is 0.164 e. The molecule has 1 atom stereocenters. The molecule has 0 spiro atoms. The van der Waals surface area contributed by atoms with Crippen LogP contribution in [0.1, 0.15) is 29.3 Å². The highest BCUT2D eigenvalue weighted by atomic mass is 16.1. The van der Waals surface area contributed by atoms with Crippen molar-refractivity contribution in [3.05, 3.63) is 35.4 Å². The van der Waals surface area contributed by atoms with E-state index in [1.807, 2.05) is 24.3 Å². The lowest BCUT2D eigenvalue weighted by Crippen LogP contribution is -2.27. The largest absolute Gasteiger partial charge is 0.299 e. The number of fused-ring (bicyclic) bond motifs is 1. The van der Waals surface area contributed by atoms with E-state index in [0.29, 0.717) is 12.5 Å². The number of ketones is 1. The van der Waals surface area contributed by atoms with Crippen molar-refractivity contribution in [2.75, 3.05) is 7.05 Å². The zero-order valence-corrected chi connectivity index (χ0v) is 8.66. The van der Waals surface area contributed by atoms with Crippen LogP contribution >= 0.6 is 0 Å². The fourth-order valence-electron chi connectivity index (χ4n) is 1.89. The van der Waals surface area contributed by atoms with Gasteiger partial charge in [-0.25, -0.2) is 0 Å². The van der Waals surface area contributed by atoms with Crippen molar-refractivity contribution < 1.29 is 4.79 Å². The number of carbonyl (C=O) groups is 1. The molecule has 0 radical (unpaired) electrons. The number of nitrogens with zero attached hydrogens (tertiary/aromatic N) is 1. The molecule has 74 valence electrons. The second-order valence-corrected chi connectivity index (χ2v) is 4.05. The van der Waals surface area contributed by atoms with Gasteiger partial charge in [-0.05, 0) is 19.5 Å². The van der Waals surface area contributed by atoms with Crippen molar-refractivity contribution >= 4 is 5.78 Å². The van der Waals surface area contributed by atoms with Gasteiger partial charge >= 0.3 is 0 Å². The molecule has 0 fully saturated rings. The maximum atomic E-state index is 11.8. The molecule has 2 nitrogen and oxygen atoms in total. The molecule has 1 aromatic rings. The number of rotatable bonds is 0. The summed E-state index contributed by atoms with van der Waals surface area (Å²) in [7, 11) is 2.07. The van der Waals surface area contributed by atoms with Crippen molar-refractivity contribution in [3.63, 3.8) is 0 Å². The van der Waals surface area contributed by atoms with E-state index in [0.717, 1.165) is 17.7 Å². The third kappa shape index (κ3) is 1.58. The predicted octanol–water partition coefficient (Wildman–Crippen LogP) is 2.09. The van der Waals surface area contributed by atoms with E-state index in [1.165, 1.54) is 0 Å². The predicted molar refractivity (Wildman–Crippen MR) is 56.3 cm³/mol. The topological polar surface area (TPSA) is 20.3 Å². The Balaban J connectivity index is 2.43. The molecular formula is C12H15NO. The van der Waals surface area contributed by atoms with Crippen LogP contribution in [0, 0.1) is 0 Å². The molecule has 2 rings (SSSR count). The lowest BCUT2D eigenvalue weighted by molar-refractivity contribution is 0.0953. The summed E-state index contributed by atoms with van der Waals surface area (Å²) < 4.78 is 0. The third-order valence-corrected chi connectivity index (χ3v) is 2.97. The van der Waals surface area contributed by atoms with Crippen LogP contribution in [0.3, 0.4) is 0 Å². The zero-order chi connectivity index (χ0) is 10.1. The molecule has 1 aliphatic heterocycles. The molecule has 0 saturated carbocycles. The summed E-state index contributed by atoms with van der Waals surface area (Å²) in [6, 6.07) is 8.25. The van der Waals surface area contributed by atoms with Crippen molar-refractivity contribution in [1.29, 1.82) is 0 Å². The van der Waals surface area contributed by atoms with Crippen molar-refractivity contribution in [3.8, 4) is 0 Å². The van der Waals surface area contributed by atoms with Gasteiger partial charge in [-0.3, -0.25) is 9.69 Å². The van der Waals surface area contributed by atoms with Gasteiger partial charge in [0.2, 0.25) is 0 Å². The summed E-state index contributed by atoms with van der Waals surface area (Å²) >= 11 is 0. The monoisotopic (exact) mass is 189 g/mol. The minimum atomic E-state index is 0.275. The lowest BCUT2D eigenvalue weighted by Gasteiger charge is -2.20. The van der Waals surface area contributed by atoms with Gasteiger partial charge in [0.15, 0.2) is 5.78 Å². The molecule has 0 saturated heterocycles.